The Labute approximate surface area is 120 Å². The number of halogens is 2. The molecule has 0 atom stereocenters. The van der Waals surface area contributed by atoms with Gasteiger partial charge < -0.3 is 0 Å². The summed E-state index contributed by atoms with van der Waals surface area (Å²) in [6, 6.07) is 10.5. The number of Topliss-reactive ketones (excluding diaryl/α,β-unsaturated/α-hetero) is 1. The van der Waals surface area contributed by atoms with Crippen molar-refractivity contribution in [3.8, 4) is 0 Å². The summed E-state index contributed by atoms with van der Waals surface area (Å²) in [4.78, 5) is 12.2. The summed E-state index contributed by atoms with van der Waals surface area (Å²) in [5.74, 6) is -0.480. The van der Waals surface area contributed by atoms with E-state index in [0.717, 1.165) is 16.7 Å². The van der Waals surface area contributed by atoms with Crippen LogP contribution in [0.15, 0.2) is 40.9 Å². The van der Waals surface area contributed by atoms with E-state index in [-0.39, 0.29) is 5.78 Å². The molecule has 0 heterocycles. The monoisotopic (exact) mass is 320 g/mol. The highest BCUT2D eigenvalue weighted by Crippen LogP contribution is 2.19. The van der Waals surface area contributed by atoms with Gasteiger partial charge in [-0.25, -0.2) is 4.39 Å². The molecule has 0 aliphatic heterocycles. The summed E-state index contributed by atoms with van der Waals surface area (Å²) in [5.41, 5.74) is 3.60. The number of hydrogen-bond donors (Lipinski definition) is 0. The van der Waals surface area contributed by atoms with Gasteiger partial charge in [0.15, 0.2) is 5.78 Å². The highest BCUT2D eigenvalue weighted by atomic mass is 79.9. The molecule has 0 bridgehead atoms. The second kappa shape index (κ2) is 5.66. The smallest absolute Gasteiger partial charge is 0.167 e. The van der Waals surface area contributed by atoms with Crippen LogP contribution in [0.3, 0.4) is 0 Å². The fourth-order valence-electron chi connectivity index (χ4n) is 1.94. The van der Waals surface area contributed by atoms with Crippen molar-refractivity contribution in [2.45, 2.75) is 20.3 Å². The van der Waals surface area contributed by atoms with E-state index in [2.05, 4.69) is 15.9 Å². The first-order chi connectivity index (χ1) is 8.97. The van der Waals surface area contributed by atoms with Crippen LogP contribution in [0.2, 0.25) is 0 Å². The Kier molecular flexibility index (Phi) is 4.15. The van der Waals surface area contributed by atoms with Gasteiger partial charge in [0, 0.05) is 12.0 Å². The molecular weight excluding hydrogens is 307 g/mol. The molecule has 0 aromatic heterocycles. The molecule has 0 spiro atoms. The van der Waals surface area contributed by atoms with E-state index >= 15 is 0 Å². The number of carbonyl (C=O) groups is 1. The zero-order valence-electron chi connectivity index (χ0n) is 10.8. The van der Waals surface area contributed by atoms with Crippen LogP contribution in [0.25, 0.3) is 0 Å². The largest absolute Gasteiger partial charge is 0.294 e. The molecule has 0 fully saturated rings. The molecule has 0 unspecified atom stereocenters. The van der Waals surface area contributed by atoms with Crippen LogP contribution in [0.5, 0.6) is 0 Å². The predicted molar refractivity (Wildman–Crippen MR) is 78.1 cm³/mol. The van der Waals surface area contributed by atoms with Gasteiger partial charge in [0.1, 0.15) is 5.82 Å². The molecule has 0 saturated carbocycles. The van der Waals surface area contributed by atoms with Crippen molar-refractivity contribution < 1.29 is 9.18 Å². The van der Waals surface area contributed by atoms with Gasteiger partial charge in [0.2, 0.25) is 0 Å². The first-order valence-corrected chi connectivity index (χ1v) is 6.81. The fourth-order valence-corrected chi connectivity index (χ4v) is 2.18. The van der Waals surface area contributed by atoms with Gasteiger partial charge in [0.25, 0.3) is 0 Å². The van der Waals surface area contributed by atoms with E-state index in [4.69, 9.17) is 0 Å². The maximum Gasteiger partial charge on any atom is 0.167 e. The maximum atomic E-state index is 13.4. The van der Waals surface area contributed by atoms with Gasteiger partial charge in [-0.2, -0.15) is 0 Å². The van der Waals surface area contributed by atoms with Crippen molar-refractivity contribution >= 4 is 21.7 Å². The highest BCUT2D eigenvalue weighted by molar-refractivity contribution is 9.10. The summed E-state index contributed by atoms with van der Waals surface area (Å²) in [6.07, 6.45) is 0.300. The molecule has 1 nitrogen and oxygen atoms in total. The van der Waals surface area contributed by atoms with Gasteiger partial charge in [-0.3, -0.25) is 4.79 Å². The molecule has 2 rings (SSSR count). The Morgan fingerprint density at radius 3 is 2.58 bits per heavy atom. The van der Waals surface area contributed by atoms with Gasteiger partial charge in [-0.05, 0) is 53.0 Å². The standard InChI is InChI=1S/C16H14BrFO/c1-10-3-4-11(2)13(7-10)9-16(19)12-5-6-14(17)15(18)8-12/h3-8H,9H2,1-2H3. The van der Waals surface area contributed by atoms with Crippen molar-refractivity contribution in [3.63, 3.8) is 0 Å². The molecule has 0 amide bonds. The molecule has 0 aliphatic carbocycles. The van der Waals surface area contributed by atoms with E-state index in [1.54, 1.807) is 12.1 Å². The molecule has 0 aliphatic rings. The first-order valence-electron chi connectivity index (χ1n) is 6.02. The van der Waals surface area contributed by atoms with Crippen LogP contribution >= 0.6 is 15.9 Å². The van der Waals surface area contributed by atoms with Crippen molar-refractivity contribution in [1.82, 2.24) is 0 Å². The number of benzene rings is 2. The van der Waals surface area contributed by atoms with Crippen LogP contribution in [0.4, 0.5) is 4.39 Å². The quantitative estimate of drug-likeness (QED) is 0.753. The second-order valence-corrected chi connectivity index (χ2v) is 5.51. The van der Waals surface area contributed by atoms with Gasteiger partial charge in [0.05, 0.1) is 4.47 Å². The number of aryl methyl sites for hydroxylation is 2. The maximum absolute atomic E-state index is 13.4. The van der Waals surface area contributed by atoms with Crippen LogP contribution in [-0.4, -0.2) is 5.78 Å². The molecule has 98 valence electrons. The molecule has 19 heavy (non-hydrogen) atoms. The van der Waals surface area contributed by atoms with Crippen LogP contribution in [0, 0.1) is 19.7 Å². The van der Waals surface area contributed by atoms with E-state index in [1.165, 1.54) is 6.07 Å². The SMILES string of the molecule is Cc1ccc(C)c(CC(=O)c2ccc(Br)c(F)c2)c1. The van der Waals surface area contributed by atoms with Crippen LogP contribution in [-0.2, 0) is 6.42 Å². The lowest BCUT2D eigenvalue weighted by Gasteiger charge is -2.07. The molecule has 2 aromatic rings. The summed E-state index contributed by atoms with van der Waals surface area (Å²) >= 11 is 3.08. The average molecular weight is 321 g/mol. The lowest BCUT2D eigenvalue weighted by atomic mass is 9.98. The Hall–Kier alpha value is -1.48. The van der Waals surface area contributed by atoms with Crippen LogP contribution in [0.1, 0.15) is 27.0 Å². The number of carbonyl (C=O) groups excluding carboxylic acids is 1. The lowest BCUT2D eigenvalue weighted by molar-refractivity contribution is 0.0992. The summed E-state index contributed by atoms with van der Waals surface area (Å²) in [5, 5.41) is 0. The number of rotatable bonds is 3. The highest BCUT2D eigenvalue weighted by Gasteiger charge is 2.11. The normalized spacial score (nSPS) is 10.5. The second-order valence-electron chi connectivity index (χ2n) is 4.66. The molecule has 0 radical (unpaired) electrons. The molecule has 0 saturated heterocycles. The summed E-state index contributed by atoms with van der Waals surface area (Å²) in [7, 11) is 0. The summed E-state index contributed by atoms with van der Waals surface area (Å²) in [6.45, 7) is 3.97. The molecule has 2 aromatic carbocycles. The van der Waals surface area contributed by atoms with Gasteiger partial charge in [-0.1, -0.05) is 29.8 Å². The third-order valence-electron chi connectivity index (χ3n) is 3.10. The van der Waals surface area contributed by atoms with Gasteiger partial charge in [-0.15, -0.1) is 0 Å². The van der Waals surface area contributed by atoms with E-state index in [0.29, 0.717) is 16.5 Å². The molecule has 3 heteroatoms. The van der Waals surface area contributed by atoms with Crippen molar-refractivity contribution in [1.29, 1.82) is 0 Å². The predicted octanol–water partition coefficient (Wildman–Crippen LogP) is 4.63. The average Bonchev–Trinajstić information content (AvgIpc) is 2.37. The molecule has 0 N–H and O–H groups in total. The number of ketones is 1. The van der Waals surface area contributed by atoms with Gasteiger partial charge >= 0.3 is 0 Å². The molecular formula is C16H14BrFO. The minimum Gasteiger partial charge on any atom is -0.294 e. The van der Waals surface area contributed by atoms with Crippen molar-refractivity contribution in [2.75, 3.05) is 0 Å². The third-order valence-corrected chi connectivity index (χ3v) is 3.74. The van der Waals surface area contributed by atoms with Crippen LogP contribution < -0.4 is 0 Å². The van der Waals surface area contributed by atoms with E-state index in [9.17, 15) is 9.18 Å². The minimum absolute atomic E-state index is 0.0694. The minimum atomic E-state index is -0.410. The Bertz CT molecular complexity index is 635. The zero-order valence-corrected chi connectivity index (χ0v) is 12.4. The van der Waals surface area contributed by atoms with Crippen molar-refractivity contribution in [3.05, 3.63) is 68.9 Å². The van der Waals surface area contributed by atoms with E-state index < -0.39 is 5.82 Å². The Balaban J connectivity index is 2.25. The Morgan fingerprint density at radius 2 is 1.89 bits per heavy atom. The van der Waals surface area contributed by atoms with Crippen molar-refractivity contribution in [2.24, 2.45) is 0 Å². The Morgan fingerprint density at radius 1 is 1.16 bits per heavy atom. The zero-order chi connectivity index (χ0) is 14.0. The third kappa shape index (κ3) is 3.29. The number of hydrogen-bond acceptors (Lipinski definition) is 1. The lowest BCUT2D eigenvalue weighted by Crippen LogP contribution is -2.05. The first kappa shape index (κ1) is 13.9. The topological polar surface area (TPSA) is 17.1 Å². The van der Waals surface area contributed by atoms with E-state index in [1.807, 2.05) is 32.0 Å². The summed E-state index contributed by atoms with van der Waals surface area (Å²) < 4.78 is 13.8. The fraction of sp³-hybridized carbons (Fsp3) is 0.188.